The lowest BCUT2D eigenvalue weighted by atomic mass is 10.1. The summed E-state index contributed by atoms with van der Waals surface area (Å²) in [6, 6.07) is 17.0. The fourth-order valence-electron chi connectivity index (χ4n) is 3.52. The Kier molecular flexibility index (Phi) is 4.55. The van der Waals surface area contributed by atoms with E-state index in [1.165, 1.54) is 23.9 Å². The number of hydrogen-bond donors (Lipinski definition) is 1. The molecule has 0 radical (unpaired) electrons. The molecule has 10 heteroatoms. The van der Waals surface area contributed by atoms with Crippen LogP contribution in [0.1, 0.15) is 11.9 Å². The van der Waals surface area contributed by atoms with Gasteiger partial charge in [-0.2, -0.15) is 0 Å². The van der Waals surface area contributed by atoms with Gasteiger partial charge in [-0.15, -0.1) is 5.10 Å². The second-order valence-electron chi connectivity index (χ2n) is 6.79. The molecule has 0 aliphatic carbocycles. The molecule has 0 fully saturated rings. The van der Waals surface area contributed by atoms with E-state index in [1.54, 1.807) is 29.3 Å². The molecular weight excluding hydrogens is 418 g/mol. The molecule has 1 N–H and O–H groups in total. The minimum Gasteiger partial charge on any atom is -0.457 e. The van der Waals surface area contributed by atoms with Gasteiger partial charge in [0.15, 0.2) is 10.9 Å². The van der Waals surface area contributed by atoms with Crippen molar-refractivity contribution in [2.24, 2.45) is 10.1 Å². The van der Waals surface area contributed by atoms with E-state index in [0.29, 0.717) is 38.5 Å². The zero-order valence-corrected chi connectivity index (χ0v) is 17.0. The predicted molar refractivity (Wildman–Crippen MR) is 115 cm³/mol. The smallest absolute Gasteiger partial charge is 0.276 e. The van der Waals surface area contributed by atoms with Crippen LogP contribution >= 0.6 is 11.8 Å². The van der Waals surface area contributed by atoms with Crippen molar-refractivity contribution in [3.05, 3.63) is 87.1 Å². The average molecular weight is 433 g/mol. The first kappa shape index (κ1) is 19.1. The molecule has 3 heterocycles. The van der Waals surface area contributed by atoms with Crippen molar-refractivity contribution < 1.29 is 14.1 Å². The van der Waals surface area contributed by atoms with Gasteiger partial charge < -0.3 is 4.42 Å². The van der Waals surface area contributed by atoms with Gasteiger partial charge in [-0.25, -0.2) is 10.0 Å². The van der Waals surface area contributed by atoms with Crippen LogP contribution in [0.5, 0.6) is 0 Å². The third kappa shape index (κ3) is 3.26. The standard InChI is InChI=1S/C21H15N5O4S/c1-31-21-23-20(27)18-14-7-2-3-8-15(14)22-19(25(18)24-21)17-10-9-16(30-17)12-5-4-6-13(11-12)26(28)29/h2-11,19H,1H3,(H,23,24,27)/t19-/m1/s1. The molecule has 0 saturated heterocycles. The molecule has 31 heavy (non-hydrogen) atoms. The van der Waals surface area contributed by atoms with Crippen molar-refractivity contribution in [1.29, 1.82) is 0 Å². The number of amidine groups is 1. The number of thioether (sulfide) groups is 1. The predicted octanol–water partition coefficient (Wildman–Crippen LogP) is 2.36. The minimum atomic E-state index is -0.689. The molecule has 5 rings (SSSR count). The summed E-state index contributed by atoms with van der Waals surface area (Å²) in [6.07, 6.45) is 1.13. The molecule has 0 saturated carbocycles. The van der Waals surface area contributed by atoms with Crippen LogP contribution in [0.15, 0.2) is 75.2 Å². The molecule has 1 amide bonds. The number of hydrazone groups is 1. The summed E-state index contributed by atoms with van der Waals surface area (Å²) in [6.45, 7) is 0. The number of non-ortho nitro benzene ring substituents is 1. The monoisotopic (exact) mass is 433 g/mol. The molecular formula is C21H15N5O4S. The molecule has 0 bridgehead atoms. The van der Waals surface area contributed by atoms with Gasteiger partial charge in [0.05, 0.1) is 10.3 Å². The van der Waals surface area contributed by atoms with Crippen molar-refractivity contribution >= 4 is 34.2 Å². The third-order valence-electron chi connectivity index (χ3n) is 4.93. The number of nitro benzene ring substituents is 1. The lowest BCUT2D eigenvalue weighted by Crippen LogP contribution is -2.50. The zero-order valence-electron chi connectivity index (χ0n) is 16.2. The summed E-state index contributed by atoms with van der Waals surface area (Å²) in [5, 5.41) is 21.8. The van der Waals surface area contributed by atoms with Gasteiger partial charge in [-0.3, -0.25) is 20.2 Å². The first-order chi connectivity index (χ1) is 15.0. The van der Waals surface area contributed by atoms with Crippen LogP contribution in [-0.2, 0) is 4.79 Å². The summed E-state index contributed by atoms with van der Waals surface area (Å²) >= 11 is 1.32. The second kappa shape index (κ2) is 7.40. The van der Waals surface area contributed by atoms with Crippen LogP contribution in [-0.4, -0.2) is 27.3 Å². The van der Waals surface area contributed by atoms with E-state index < -0.39 is 11.1 Å². The number of nitrogens with zero attached hydrogens (tertiary/aromatic N) is 4. The van der Waals surface area contributed by atoms with Crippen LogP contribution in [0.3, 0.4) is 0 Å². The van der Waals surface area contributed by atoms with Crippen molar-refractivity contribution in [3.8, 4) is 11.3 Å². The lowest BCUT2D eigenvalue weighted by molar-refractivity contribution is -0.384. The van der Waals surface area contributed by atoms with Crippen LogP contribution < -0.4 is 15.9 Å². The number of fused-ring (bicyclic) bond motifs is 2. The minimum absolute atomic E-state index is 0.0238. The molecule has 3 aromatic rings. The Hall–Kier alpha value is -3.92. The Morgan fingerprint density at radius 2 is 2.00 bits per heavy atom. The first-order valence-electron chi connectivity index (χ1n) is 9.30. The molecule has 2 aromatic carbocycles. The number of carbonyl (C=O) groups is 1. The number of rotatable bonds is 3. The van der Waals surface area contributed by atoms with Gasteiger partial charge in [-0.1, -0.05) is 42.1 Å². The maximum Gasteiger partial charge on any atom is 0.276 e. The highest BCUT2D eigenvalue weighted by molar-refractivity contribution is 8.13. The van der Waals surface area contributed by atoms with E-state index in [0.717, 1.165) is 0 Å². The lowest BCUT2D eigenvalue weighted by Gasteiger charge is -2.32. The van der Waals surface area contributed by atoms with Crippen LogP contribution in [0, 0.1) is 10.1 Å². The van der Waals surface area contributed by atoms with Crippen molar-refractivity contribution in [2.75, 3.05) is 6.26 Å². The number of carbonyl (C=O) groups excluding carboxylic acids is 1. The van der Waals surface area contributed by atoms with E-state index in [2.05, 4.69) is 10.4 Å². The Morgan fingerprint density at radius 1 is 1.16 bits per heavy atom. The van der Waals surface area contributed by atoms with Gasteiger partial charge in [0.1, 0.15) is 11.5 Å². The molecule has 9 nitrogen and oxygen atoms in total. The quantitative estimate of drug-likeness (QED) is 0.501. The van der Waals surface area contributed by atoms with Crippen molar-refractivity contribution in [3.63, 3.8) is 0 Å². The van der Waals surface area contributed by atoms with Crippen LogP contribution in [0.2, 0.25) is 0 Å². The van der Waals surface area contributed by atoms with Gasteiger partial charge >= 0.3 is 0 Å². The second-order valence-corrected chi connectivity index (χ2v) is 7.58. The molecule has 1 aromatic heterocycles. The number of nitro groups is 1. The van der Waals surface area contributed by atoms with E-state index in [4.69, 9.17) is 9.41 Å². The fourth-order valence-corrected chi connectivity index (χ4v) is 3.89. The topological polar surface area (TPSA) is 113 Å². The number of furan rings is 1. The van der Waals surface area contributed by atoms with E-state index in [1.807, 2.05) is 30.5 Å². The van der Waals surface area contributed by atoms with E-state index >= 15 is 0 Å². The van der Waals surface area contributed by atoms with Crippen LogP contribution in [0.4, 0.5) is 5.69 Å². The highest BCUT2D eigenvalue weighted by Gasteiger charge is 2.35. The number of hydrogen-bond acceptors (Lipinski definition) is 8. The van der Waals surface area contributed by atoms with E-state index in [9.17, 15) is 14.9 Å². The summed E-state index contributed by atoms with van der Waals surface area (Å²) in [5.74, 6) is 0.661. The summed E-state index contributed by atoms with van der Waals surface area (Å²) in [7, 11) is 0. The summed E-state index contributed by atoms with van der Waals surface area (Å²) < 4.78 is 6.03. The number of amides is 1. The van der Waals surface area contributed by atoms with Gasteiger partial charge in [0.2, 0.25) is 6.17 Å². The molecule has 154 valence electrons. The normalized spacial score (nSPS) is 17.3. The van der Waals surface area contributed by atoms with Crippen LogP contribution in [0.25, 0.3) is 17.0 Å². The SMILES string of the molecule is CSC1=NN2C(=c3ccccc3=N[C@H]2c2ccc(-c3cccc([N+](=O)[O-])c3)o2)C(=O)N1. The Morgan fingerprint density at radius 3 is 2.81 bits per heavy atom. The molecule has 0 spiro atoms. The largest absolute Gasteiger partial charge is 0.457 e. The average Bonchev–Trinajstić information content (AvgIpc) is 3.28. The number of benzene rings is 2. The summed E-state index contributed by atoms with van der Waals surface area (Å²) in [5.41, 5.74) is 0.941. The third-order valence-corrected chi connectivity index (χ3v) is 5.50. The molecule has 2 aliphatic rings. The number of nitrogens with one attached hydrogen (secondary N) is 1. The van der Waals surface area contributed by atoms with Gasteiger partial charge in [-0.05, 0) is 24.5 Å². The summed E-state index contributed by atoms with van der Waals surface area (Å²) in [4.78, 5) is 28.3. The highest BCUT2D eigenvalue weighted by Crippen LogP contribution is 2.34. The van der Waals surface area contributed by atoms with Gasteiger partial charge in [0, 0.05) is 22.9 Å². The van der Waals surface area contributed by atoms with E-state index in [-0.39, 0.29) is 11.6 Å². The van der Waals surface area contributed by atoms with Gasteiger partial charge in [0.25, 0.3) is 11.6 Å². The Balaban J connectivity index is 1.63. The maximum atomic E-state index is 12.8. The van der Waals surface area contributed by atoms with Crippen molar-refractivity contribution in [2.45, 2.75) is 6.17 Å². The van der Waals surface area contributed by atoms with Crippen molar-refractivity contribution in [1.82, 2.24) is 10.3 Å². The maximum absolute atomic E-state index is 12.8. The fraction of sp³-hybridized carbons (Fsp3) is 0.0952. The first-order valence-corrected chi connectivity index (χ1v) is 10.5. The molecule has 2 aliphatic heterocycles. The molecule has 1 atom stereocenters. The Bertz CT molecular complexity index is 1380. The highest BCUT2D eigenvalue weighted by atomic mass is 32.2. The molecule has 0 unspecified atom stereocenters. The number of para-hydroxylation sites is 1. The zero-order chi connectivity index (χ0) is 21.5. The Labute approximate surface area is 179 Å².